The summed E-state index contributed by atoms with van der Waals surface area (Å²) in [6, 6.07) is 15.5. The molecule has 3 aromatic rings. The number of amides is 1. The molecule has 0 aliphatic heterocycles. The second kappa shape index (κ2) is 10.1. The number of para-hydroxylation sites is 1. The summed E-state index contributed by atoms with van der Waals surface area (Å²) in [5.41, 5.74) is 0.919. The van der Waals surface area contributed by atoms with Gasteiger partial charge in [0.25, 0.3) is 15.9 Å². The van der Waals surface area contributed by atoms with Gasteiger partial charge >= 0.3 is 0 Å². The predicted octanol–water partition coefficient (Wildman–Crippen LogP) is 3.77. The van der Waals surface area contributed by atoms with Crippen LogP contribution in [0.1, 0.15) is 10.4 Å². The number of hydrogen-bond acceptors (Lipinski definition) is 7. The maximum atomic E-state index is 12.9. The van der Waals surface area contributed by atoms with E-state index in [9.17, 15) is 13.2 Å². The van der Waals surface area contributed by atoms with Crippen LogP contribution in [0.3, 0.4) is 0 Å². The fraction of sp³-hybridized carbons (Fsp3) is 0.174. The molecule has 0 saturated heterocycles. The van der Waals surface area contributed by atoms with Crippen LogP contribution in [0, 0.1) is 0 Å². The van der Waals surface area contributed by atoms with Crippen molar-refractivity contribution < 1.29 is 32.2 Å². The molecule has 0 atom stereocenters. The molecule has 0 aromatic heterocycles. The zero-order valence-corrected chi connectivity index (χ0v) is 19.4. The van der Waals surface area contributed by atoms with Gasteiger partial charge in [-0.1, -0.05) is 6.07 Å². The summed E-state index contributed by atoms with van der Waals surface area (Å²) in [7, 11) is 1.92. The Labute approximate surface area is 192 Å². The van der Waals surface area contributed by atoms with E-state index >= 15 is 0 Å². The van der Waals surface area contributed by atoms with Crippen LogP contribution >= 0.6 is 0 Å². The quantitative estimate of drug-likeness (QED) is 0.487. The van der Waals surface area contributed by atoms with Gasteiger partial charge in [0.15, 0.2) is 11.5 Å². The van der Waals surface area contributed by atoms with Crippen molar-refractivity contribution >= 4 is 27.3 Å². The summed E-state index contributed by atoms with van der Waals surface area (Å²) in [6.45, 7) is 0. The Kier molecular flexibility index (Phi) is 7.29. The molecule has 0 radical (unpaired) electrons. The van der Waals surface area contributed by atoms with Crippen LogP contribution in [0.4, 0.5) is 11.4 Å². The van der Waals surface area contributed by atoms with Gasteiger partial charge in [0.05, 0.1) is 44.6 Å². The van der Waals surface area contributed by atoms with E-state index in [1.54, 1.807) is 30.3 Å². The Balaban J connectivity index is 1.80. The van der Waals surface area contributed by atoms with Crippen molar-refractivity contribution in [3.8, 4) is 23.0 Å². The van der Waals surface area contributed by atoms with E-state index in [0.717, 1.165) is 0 Å². The van der Waals surface area contributed by atoms with Gasteiger partial charge in [-0.3, -0.25) is 9.52 Å². The molecule has 0 aliphatic carbocycles. The number of nitrogens with one attached hydrogen (secondary N) is 2. The maximum Gasteiger partial charge on any atom is 0.262 e. The highest BCUT2D eigenvalue weighted by Gasteiger charge is 2.19. The number of methoxy groups -OCH3 is 4. The minimum atomic E-state index is -3.92. The van der Waals surface area contributed by atoms with Gasteiger partial charge in [-0.25, -0.2) is 8.42 Å². The molecule has 0 fully saturated rings. The van der Waals surface area contributed by atoms with Gasteiger partial charge in [0.2, 0.25) is 0 Å². The van der Waals surface area contributed by atoms with E-state index in [-0.39, 0.29) is 16.1 Å². The number of ether oxygens (including phenoxy) is 4. The molecule has 0 aliphatic rings. The van der Waals surface area contributed by atoms with Crippen LogP contribution in [0.25, 0.3) is 0 Å². The molecular formula is C23H24N2O7S. The molecule has 174 valence electrons. The Morgan fingerprint density at radius 2 is 1.48 bits per heavy atom. The Morgan fingerprint density at radius 1 is 0.788 bits per heavy atom. The van der Waals surface area contributed by atoms with Gasteiger partial charge in [0.1, 0.15) is 11.5 Å². The molecule has 3 aromatic carbocycles. The fourth-order valence-electron chi connectivity index (χ4n) is 3.08. The van der Waals surface area contributed by atoms with Gasteiger partial charge in [-0.05, 0) is 48.5 Å². The van der Waals surface area contributed by atoms with E-state index in [1.807, 2.05) is 0 Å². The van der Waals surface area contributed by atoms with Crippen LogP contribution in [-0.4, -0.2) is 42.8 Å². The molecule has 0 bridgehead atoms. The van der Waals surface area contributed by atoms with E-state index in [0.29, 0.717) is 28.7 Å². The first-order valence-corrected chi connectivity index (χ1v) is 11.2. The average Bonchev–Trinajstić information content (AvgIpc) is 2.83. The number of hydrogen-bond donors (Lipinski definition) is 2. The summed E-state index contributed by atoms with van der Waals surface area (Å²) in [4.78, 5) is 12.7. The second-order valence-corrected chi connectivity index (χ2v) is 8.37. The smallest absolute Gasteiger partial charge is 0.262 e. The lowest BCUT2D eigenvalue weighted by molar-refractivity contribution is 0.102. The van der Waals surface area contributed by atoms with Gasteiger partial charge in [-0.2, -0.15) is 0 Å². The van der Waals surface area contributed by atoms with Crippen LogP contribution in [0.5, 0.6) is 23.0 Å². The van der Waals surface area contributed by atoms with Gasteiger partial charge in [-0.15, -0.1) is 0 Å². The Morgan fingerprint density at radius 3 is 2.09 bits per heavy atom. The van der Waals surface area contributed by atoms with Crippen molar-refractivity contribution in [3.05, 3.63) is 66.2 Å². The minimum absolute atomic E-state index is 0.00401. The molecule has 0 saturated carbocycles. The van der Waals surface area contributed by atoms with Crippen molar-refractivity contribution in [2.24, 2.45) is 0 Å². The lowest BCUT2D eigenvalue weighted by Gasteiger charge is -2.14. The molecule has 0 spiro atoms. The van der Waals surface area contributed by atoms with Crippen molar-refractivity contribution in [2.75, 3.05) is 38.5 Å². The van der Waals surface area contributed by atoms with Crippen molar-refractivity contribution in [2.45, 2.75) is 4.90 Å². The average molecular weight is 473 g/mol. The summed E-state index contributed by atoms with van der Waals surface area (Å²) in [6.07, 6.45) is 0. The first-order valence-electron chi connectivity index (χ1n) is 9.70. The van der Waals surface area contributed by atoms with Crippen molar-refractivity contribution in [3.63, 3.8) is 0 Å². The highest BCUT2D eigenvalue weighted by molar-refractivity contribution is 7.92. The number of carbonyl (C=O) groups excluding carboxylic acids is 1. The monoisotopic (exact) mass is 472 g/mol. The third kappa shape index (κ3) is 5.29. The van der Waals surface area contributed by atoms with Crippen molar-refractivity contribution in [1.82, 2.24) is 0 Å². The zero-order chi connectivity index (χ0) is 24.0. The largest absolute Gasteiger partial charge is 0.497 e. The first-order chi connectivity index (χ1) is 15.8. The van der Waals surface area contributed by atoms with Crippen LogP contribution in [0.15, 0.2) is 65.6 Å². The van der Waals surface area contributed by atoms with E-state index in [4.69, 9.17) is 18.9 Å². The Hall–Kier alpha value is -3.92. The van der Waals surface area contributed by atoms with E-state index < -0.39 is 15.9 Å². The van der Waals surface area contributed by atoms with Crippen LogP contribution < -0.4 is 29.0 Å². The summed E-state index contributed by atoms with van der Waals surface area (Å²) >= 11 is 0. The normalized spacial score (nSPS) is 10.8. The number of rotatable bonds is 9. The molecule has 0 unspecified atom stereocenters. The lowest BCUT2D eigenvalue weighted by atomic mass is 10.1. The predicted molar refractivity (Wildman–Crippen MR) is 124 cm³/mol. The molecule has 10 heteroatoms. The van der Waals surface area contributed by atoms with E-state index in [1.165, 1.54) is 58.8 Å². The summed E-state index contributed by atoms with van der Waals surface area (Å²) < 4.78 is 49.1. The van der Waals surface area contributed by atoms with Crippen LogP contribution in [-0.2, 0) is 10.0 Å². The highest BCUT2D eigenvalue weighted by Crippen LogP contribution is 2.32. The zero-order valence-electron chi connectivity index (χ0n) is 18.5. The molecular weight excluding hydrogens is 448 g/mol. The molecule has 9 nitrogen and oxygen atoms in total. The molecule has 2 N–H and O–H groups in total. The maximum absolute atomic E-state index is 12.9. The van der Waals surface area contributed by atoms with E-state index in [2.05, 4.69) is 10.0 Å². The number of carbonyl (C=O) groups is 1. The number of anilines is 2. The molecule has 3 rings (SSSR count). The molecule has 1 amide bonds. The number of benzene rings is 3. The first kappa shape index (κ1) is 23.7. The summed E-state index contributed by atoms with van der Waals surface area (Å²) in [5, 5.41) is 2.72. The van der Waals surface area contributed by atoms with Crippen molar-refractivity contribution in [1.29, 1.82) is 0 Å². The minimum Gasteiger partial charge on any atom is -0.497 e. The molecule has 33 heavy (non-hydrogen) atoms. The van der Waals surface area contributed by atoms with Crippen LogP contribution in [0.2, 0.25) is 0 Å². The molecule has 0 heterocycles. The number of sulfonamides is 1. The van der Waals surface area contributed by atoms with Gasteiger partial charge < -0.3 is 24.3 Å². The van der Waals surface area contributed by atoms with Gasteiger partial charge in [0, 0.05) is 11.8 Å². The fourth-order valence-corrected chi connectivity index (χ4v) is 4.14. The third-order valence-electron chi connectivity index (χ3n) is 4.72. The standard InChI is InChI=1S/C23H24N2O7S/c1-29-16-10-13-20(30-2)19(14-16)25-33(27,28)17-11-8-15(9-12-17)24-23(26)18-6-5-7-21(31-3)22(18)32-4/h5-14,25H,1-4H3,(H,24,26). The SMILES string of the molecule is COc1ccc(OC)c(NS(=O)(=O)c2ccc(NC(=O)c3cccc(OC)c3OC)cc2)c1. The Bertz CT molecular complexity index is 1240. The topological polar surface area (TPSA) is 112 Å². The third-order valence-corrected chi connectivity index (χ3v) is 6.10. The second-order valence-electron chi connectivity index (χ2n) is 6.69. The highest BCUT2D eigenvalue weighted by atomic mass is 32.2. The lowest BCUT2D eigenvalue weighted by Crippen LogP contribution is -2.15. The summed E-state index contributed by atoms with van der Waals surface area (Å²) in [5.74, 6) is 1.11.